The van der Waals surface area contributed by atoms with Crippen molar-refractivity contribution in [2.75, 3.05) is 0 Å². The monoisotopic (exact) mass is 328 g/mol. The first-order valence-electron chi connectivity index (χ1n) is 10.9. The number of rotatable bonds is 0. The van der Waals surface area contributed by atoms with E-state index in [4.69, 9.17) is 0 Å². The molecule has 1 nitrogen and oxygen atoms in total. The lowest BCUT2D eigenvalue weighted by Gasteiger charge is -2.62. The molecule has 0 unspecified atom stereocenters. The third kappa shape index (κ3) is 1.97. The Morgan fingerprint density at radius 3 is 2.71 bits per heavy atom. The van der Waals surface area contributed by atoms with Crippen LogP contribution in [0.15, 0.2) is 12.2 Å². The zero-order valence-electron chi connectivity index (χ0n) is 15.6. The quantitative estimate of drug-likeness (QED) is 0.563. The second kappa shape index (κ2) is 5.35. The molecule has 5 fully saturated rings. The molecule has 5 rings (SSSR count). The van der Waals surface area contributed by atoms with Gasteiger partial charge >= 0.3 is 0 Å². The van der Waals surface area contributed by atoms with Crippen molar-refractivity contribution in [3.8, 4) is 0 Å². The highest BCUT2D eigenvalue weighted by Crippen LogP contribution is 2.70. The van der Waals surface area contributed by atoms with Gasteiger partial charge in [0.1, 0.15) is 0 Å². The maximum absolute atomic E-state index is 10.2. The number of fused-ring (bicyclic) bond motifs is 4. The van der Waals surface area contributed by atoms with Crippen LogP contribution in [0.1, 0.15) is 84.0 Å². The summed E-state index contributed by atoms with van der Waals surface area (Å²) in [4.78, 5) is 0. The van der Waals surface area contributed by atoms with E-state index in [-0.39, 0.29) is 6.10 Å². The van der Waals surface area contributed by atoms with E-state index in [1.54, 1.807) is 5.57 Å². The summed E-state index contributed by atoms with van der Waals surface area (Å²) in [6.07, 6.45) is 16.4. The molecule has 0 radical (unpaired) electrons. The number of allylic oxidation sites excluding steroid dienone is 1. The molecule has 0 saturated heterocycles. The van der Waals surface area contributed by atoms with Crippen LogP contribution < -0.4 is 0 Å². The first-order valence-corrected chi connectivity index (χ1v) is 10.9. The number of aliphatic hydroxyl groups is 1. The van der Waals surface area contributed by atoms with Crippen molar-refractivity contribution < 1.29 is 5.11 Å². The molecule has 0 heterocycles. The van der Waals surface area contributed by atoms with Crippen molar-refractivity contribution in [3.63, 3.8) is 0 Å². The van der Waals surface area contributed by atoms with E-state index in [0.29, 0.717) is 10.8 Å². The van der Waals surface area contributed by atoms with Crippen LogP contribution >= 0.6 is 0 Å². The Morgan fingerprint density at radius 2 is 1.83 bits per heavy atom. The van der Waals surface area contributed by atoms with Crippen molar-refractivity contribution in [1.82, 2.24) is 0 Å². The zero-order valence-corrected chi connectivity index (χ0v) is 15.6. The van der Waals surface area contributed by atoms with Crippen LogP contribution in [0.5, 0.6) is 0 Å². The lowest BCUT2D eigenvalue weighted by molar-refractivity contribution is -0.132. The van der Waals surface area contributed by atoms with E-state index in [1.165, 1.54) is 64.2 Å². The van der Waals surface area contributed by atoms with Gasteiger partial charge in [0.2, 0.25) is 0 Å². The molecular weight excluding hydrogens is 292 g/mol. The minimum Gasteiger partial charge on any atom is -0.393 e. The summed E-state index contributed by atoms with van der Waals surface area (Å²) in [6, 6.07) is 0. The van der Waals surface area contributed by atoms with Crippen molar-refractivity contribution in [2.24, 2.45) is 40.4 Å². The second-order valence-corrected chi connectivity index (χ2v) is 10.5. The molecule has 5 aliphatic rings. The molecule has 24 heavy (non-hydrogen) atoms. The summed E-state index contributed by atoms with van der Waals surface area (Å²) in [6.45, 7) is 7.12. The number of hydrogen-bond donors (Lipinski definition) is 1. The number of aliphatic hydroxyl groups excluding tert-OH is 1. The van der Waals surface area contributed by atoms with Crippen LogP contribution in [0.25, 0.3) is 0 Å². The lowest BCUT2D eigenvalue weighted by Crippen LogP contribution is -2.54. The van der Waals surface area contributed by atoms with Gasteiger partial charge in [-0.15, -0.1) is 0 Å². The molecule has 1 heteroatoms. The van der Waals surface area contributed by atoms with Crippen LogP contribution in [0.2, 0.25) is 0 Å². The summed E-state index contributed by atoms with van der Waals surface area (Å²) >= 11 is 0. The van der Waals surface area contributed by atoms with Crippen molar-refractivity contribution >= 4 is 0 Å². The molecule has 8 atom stereocenters. The fourth-order valence-electron chi connectivity index (χ4n) is 8.96. The van der Waals surface area contributed by atoms with Crippen LogP contribution in [0.4, 0.5) is 0 Å². The minimum atomic E-state index is -0.00733. The summed E-state index contributed by atoms with van der Waals surface area (Å²) in [5, 5.41) is 10.2. The fourth-order valence-corrected chi connectivity index (χ4v) is 8.96. The van der Waals surface area contributed by atoms with Gasteiger partial charge in [-0.3, -0.25) is 0 Å². The van der Waals surface area contributed by atoms with E-state index in [9.17, 15) is 5.11 Å². The molecule has 1 spiro atoms. The lowest BCUT2D eigenvalue weighted by atomic mass is 9.43. The Labute approximate surface area is 148 Å². The fraction of sp³-hybridized carbons (Fsp3) is 0.913. The highest BCUT2D eigenvalue weighted by Gasteiger charge is 2.62. The SMILES string of the molecule is C=C1CCC[C@@]23CC[C@H]4[C@@H](CC[C@@H]5C[C@H](O)CC[C@@]54C)[C@@H]2CC[C@H]13. The Bertz CT molecular complexity index is 538. The van der Waals surface area contributed by atoms with Gasteiger partial charge < -0.3 is 5.11 Å². The van der Waals surface area contributed by atoms with Gasteiger partial charge in [-0.2, -0.15) is 0 Å². The Kier molecular flexibility index (Phi) is 3.55. The van der Waals surface area contributed by atoms with E-state index < -0.39 is 0 Å². The first-order chi connectivity index (χ1) is 11.5. The molecule has 0 aromatic heterocycles. The number of hydrogen-bond acceptors (Lipinski definition) is 1. The molecule has 0 bridgehead atoms. The van der Waals surface area contributed by atoms with Gasteiger partial charge in [-0.05, 0) is 117 Å². The largest absolute Gasteiger partial charge is 0.393 e. The van der Waals surface area contributed by atoms with E-state index >= 15 is 0 Å². The van der Waals surface area contributed by atoms with Gasteiger partial charge in [0, 0.05) is 0 Å². The zero-order chi connectivity index (χ0) is 16.5. The summed E-state index contributed by atoms with van der Waals surface area (Å²) in [5.41, 5.74) is 2.81. The average Bonchev–Trinajstić information content (AvgIpc) is 2.96. The highest BCUT2D eigenvalue weighted by molar-refractivity contribution is 5.19. The van der Waals surface area contributed by atoms with E-state index in [0.717, 1.165) is 42.4 Å². The van der Waals surface area contributed by atoms with Gasteiger partial charge in [0.25, 0.3) is 0 Å². The molecule has 0 aromatic rings. The molecule has 0 aromatic carbocycles. The Balaban J connectivity index is 1.46. The molecule has 134 valence electrons. The van der Waals surface area contributed by atoms with Crippen LogP contribution in [0, 0.1) is 40.4 Å². The minimum absolute atomic E-state index is 0.00733. The smallest absolute Gasteiger partial charge is 0.0543 e. The summed E-state index contributed by atoms with van der Waals surface area (Å²) in [7, 11) is 0. The van der Waals surface area contributed by atoms with Gasteiger partial charge in [0.15, 0.2) is 0 Å². The van der Waals surface area contributed by atoms with Crippen molar-refractivity contribution in [3.05, 3.63) is 12.2 Å². The molecule has 5 saturated carbocycles. The van der Waals surface area contributed by atoms with Crippen LogP contribution in [-0.4, -0.2) is 11.2 Å². The first kappa shape index (κ1) is 15.9. The van der Waals surface area contributed by atoms with Gasteiger partial charge in [0.05, 0.1) is 6.10 Å². The normalized spacial score (nSPS) is 56.8. The predicted molar refractivity (Wildman–Crippen MR) is 98.5 cm³/mol. The van der Waals surface area contributed by atoms with E-state index in [2.05, 4.69) is 13.5 Å². The van der Waals surface area contributed by atoms with Crippen LogP contribution in [-0.2, 0) is 0 Å². The van der Waals surface area contributed by atoms with Gasteiger partial charge in [-0.1, -0.05) is 19.1 Å². The highest BCUT2D eigenvalue weighted by atomic mass is 16.3. The Morgan fingerprint density at radius 1 is 0.958 bits per heavy atom. The van der Waals surface area contributed by atoms with E-state index in [1.807, 2.05) is 0 Å². The summed E-state index contributed by atoms with van der Waals surface area (Å²) < 4.78 is 0. The Hall–Kier alpha value is -0.300. The average molecular weight is 329 g/mol. The second-order valence-electron chi connectivity index (χ2n) is 10.5. The molecule has 5 aliphatic carbocycles. The van der Waals surface area contributed by atoms with Gasteiger partial charge in [-0.25, -0.2) is 0 Å². The van der Waals surface area contributed by atoms with Crippen molar-refractivity contribution in [2.45, 2.75) is 90.1 Å². The third-order valence-electron chi connectivity index (χ3n) is 9.99. The standard InChI is InChI=1S/C23H36O/c1-15-4-3-11-23-13-10-20-18(21(23)8-7-19(15)23)6-5-16-14-17(24)9-12-22(16,20)2/h16-21,24H,1,3-14H2,2H3/t16-,17-,18-,19-,20+,21+,22+,23+/m1/s1. The molecule has 0 aliphatic heterocycles. The maximum atomic E-state index is 10.2. The summed E-state index contributed by atoms with van der Waals surface area (Å²) in [5.74, 6) is 4.62. The van der Waals surface area contributed by atoms with Crippen molar-refractivity contribution in [1.29, 1.82) is 0 Å². The third-order valence-corrected chi connectivity index (χ3v) is 9.99. The molecule has 1 N–H and O–H groups in total. The predicted octanol–water partition coefficient (Wildman–Crippen LogP) is 5.73. The van der Waals surface area contributed by atoms with Crippen LogP contribution in [0.3, 0.4) is 0 Å². The molecular formula is C23H36O. The molecule has 0 amide bonds. The maximum Gasteiger partial charge on any atom is 0.0543 e. The topological polar surface area (TPSA) is 20.2 Å².